The Balaban J connectivity index is 1.20. The zero-order chi connectivity index (χ0) is 18.1. The molecule has 142 valence electrons. The number of nitrogens with zero attached hydrogens (tertiary/aromatic N) is 1. The van der Waals surface area contributed by atoms with Crippen molar-refractivity contribution in [1.82, 2.24) is 4.90 Å². The molecule has 27 heavy (non-hydrogen) atoms. The zero-order valence-electron chi connectivity index (χ0n) is 15.8. The Kier molecular flexibility index (Phi) is 4.66. The Morgan fingerprint density at radius 2 is 1.67 bits per heavy atom. The second kappa shape index (κ2) is 7.43. The van der Waals surface area contributed by atoms with Gasteiger partial charge in [-0.3, -0.25) is 0 Å². The summed E-state index contributed by atoms with van der Waals surface area (Å²) in [5.41, 5.74) is 4.08. The highest BCUT2D eigenvalue weighted by Crippen LogP contribution is 2.41. The molecule has 0 bridgehead atoms. The van der Waals surface area contributed by atoms with Gasteiger partial charge in [-0.1, -0.05) is 30.3 Å². The van der Waals surface area contributed by atoms with Crippen molar-refractivity contribution in [3.63, 3.8) is 0 Å². The van der Waals surface area contributed by atoms with Crippen molar-refractivity contribution in [2.45, 2.75) is 31.6 Å². The monoisotopic (exact) mass is 365 g/mol. The van der Waals surface area contributed by atoms with Crippen molar-refractivity contribution in [3.8, 4) is 17.2 Å². The number of hydrogen-bond acceptors (Lipinski definition) is 4. The van der Waals surface area contributed by atoms with Crippen LogP contribution in [0.25, 0.3) is 0 Å². The van der Waals surface area contributed by atoms with E-state index in [2.05, 4.69) is 35.2 Å². The van der Waals surface area contributed by atoms with Gasteiger partial charge in [-0.05, 0) is 55.5 Å². The summed E-state index contributed by atoms with van der Waals surface area (Å²) in [6.45, 7) is 5.55. The van der Waals surface area contributed by atoms with Crippen LogP contribution in [0.3, 0.4) is 0 Å². The molecule has 0 atom stereocenters. The van der Waals surface area contributed by atoms with Crippen molar-refractivity contribution in [2.75, 3.05) is 39.5 Å². The summed E-state index contributed by atoms with van der Waals surface area (Å²) in [6, 6.07) is 12.9. The van der Waals surface area contributed by atoms with Gasteiger partial charge < -0.3 is 19.1 Å². The topological polar surface area (TPSA) is 30.9 Å². The highest BCUT2D eigenvalue weighted by Gasteiger charge is 2.26. The molecule has 3 aliphatic heterocycles. The molecule has 0 saturated carbocycles. The molecule has 0 N–H and O–H groups in total. The first-order valence-corrected chi connectivity index (χ1v) is 10.2. The second-order valence-corrected chi connectivity index (χ2v) is 7.74. The predicted octanol–water partition coefficient (Wildman–Crippen LogP) is 3.81. The number of likely N-dealkylation sites (tertiary alicyclic amines) is 1. The summed E-state index contributed by atoms with van der Waals surface area (Å²) < 4.78 is 17.5. The smallest absolute Gasteiger partial charge is 0.164 e. The van der Waals surface area contributed by atoms with Gasteiger partial charge in [0.25, 0.3) is 0 Å². The summed E-state index contributed by atoms with van der Waals surface area (Å²) in [4.78, 5) is 2.59. The third-order valence-electron chi connectivity index (χ3n) is 6.12. The van der Waals surface area contributed by atoms with Crippen LogP contribution < -0.4 is 14.2 Å². The lowest BCUT2D eigenvalue weighted by atomic mass is 9.88. The summed E-state index contributed by atoms with van der Waals surface area (Å²) >= 11 is 0. The molecular formula is C23H27NO3. The third-order valence-corrected chi connectivity index (χ3v) is 6.12. The van der Waals surface area contributed by atoms with Crippen molar-refractivity contribution in [2.24, 2.45) is 0 Å². The fourth-order valence-corrected chi connectivity index (χ4v) is 4.64. The van der Waals surface area contributed by atoms with Gasteiger partial charge in [0.1, 0.15) is 19.0 Å². The predicted molar refractivity (Wildman–Crippen MR) is 105 cm³/mol. The molecule has 1 fully saturated rings. The van der Waals surface area contributed by atoms with Gasteiger partial charge in [0, 0.05) is 18.5 Å². The van der Waals surface area contributed by atoms with Gasteiger partial charge in [-0.2, -0.15) is 0 Å². The lowest BCUT2D eigenvalue weighted by molar-refractivity contribution is 0.165. The molecule has 5 rings (SSSR count). The van der Waals surface area contributed by atoms with Crippen LogP contribution in [-0.4, -0.2) is 44.4 Å². The Labute approximate surface area is 161 Å². The Bertz CT molecular complexity index is 811. The standard InChI is InChI=1S/C23H27NO3/c1-3-18(22-19(4-1)10-14-26-22)9-13-24-11-7-17(8-12-24)20-5-2-6-21-23(20)27-16-15-25-21/h1-6,17H,7-16H2. The lowest BCUT2D eigenvalue weighted by Crippen LogP contribution is -2.34. The fraction of sp³-hybridized carbons (Fsp3) is 0.478. The van der Waals surface area contributed by atoms with Crippen LogP contribution in [0.1, 0.15) is 35.4 Å². The van der Waals surface area contributed by atoms with Crippen LogP contribution in [0.4, 0.5) is 0 Å². The number of rotatable bonds is 4. The van der Waals surface area contributed by atoms with Crippen molar-refractivity contribution >= 4 is 0 Å². The van der Waals surface area contributed by atoms with E-state index in [-0.39, 0.29) is 0 Å². The summed E-state index contributed by atoms with van der Waals surface area (Å²) in [5.74, 6) is 3.63. The molecule has 1 saturated heterocycles. The molecule has 0 spiro atoms. The van der Waals surface area contributed by atoms with E-state index in [1.165, 1.54) is 29.5 Å². The number of hydrogen-bond donors (Lipinski definition) is 0. The van der Waals surface area contributed by atoms with Crippen LogP contribution in [0, 0.1) is 0 Å². The first-order valence-electron chi connectivity index (χ1n) is 10.2. The molecule has 2 aromatic rings. The minimum absolute atomic E-state index is 0.571. The summed E-state index contributed by atoms with van der Waals surface area (Å²) in [5, 5.41) is 0. The number of para-hydroxylation sites is 2. The Hall–Kier alpha value is -2.20. The van der Waals surface area contributed by atoms with Crippen molar-refractivity contribution in [3.05, 3.63) is 53.1 Å². The quantitative estimate of drug-likeness (QED) is 0.824. The highest BCUT2D eigenvalue weighted by atomic mass is 16.6. The number of fused-ring (bicyclic) bond motifs is 2. The maximum Gasteiger partial charge on any atom is 0.164 e. The van der Waals surface area contributed by atoms with Crippen molar-refractivity contribution in [1.29, 1.82) is 0 Å². The van der Waals surface area contributed by atoms with Crippen LogP contribution in [0.2, 0.25) is 0 Å². The number of benzene rings is 2. The van der Waals surface area contributed by atoms with E-state index in [9.17, 15) is 0 Å². The number of ether oxygens (including phenoxy) is 3. The molecule has 3 aliphatic rings. The third kappa shape index (κ3) is 3.39. The van der Waals surface area contributed by atoms with E-state index >= 15 is 0 Å². The molecule has 0 aliphatic carbocycles. The minimum atomic E-state index is 0.571. The van der Waals surface area contributed by atoms with Gasteiger partial charge in [-0.25, -0.2) is 0 Å². The fourth-order valence-electron chi connectivity index (χ4n) is 4.64. The van der Waals surface area contributed by atoms with E-state index in [0.29, 0.717) is 19.1 Å². The maximum absolute atomic E-state index is 5.93. The molecule has 0 aromatic heterocycles. The van der Waals surface area contributed by atoms with Gasteiger partial charge in [0.05, 0.1) is 6.61 Å². The average molecular weight is 365 g/mol. The first-order chi connectivity index (χ1) is 13.4. The molecule has 0 unspecified atom stereocenters. The van der Waals surface area contributed by atoms with Crippen LogP contribution in [0.5, 0.6) is 17.2 Å². The van der Waals surface area contributed by atoms with E-state index in [1.807, 2.05) is 6.07 Å². The summed E-state index contributed by atoms with van der Waals surface area (Å²) in [7, 11) is 0. The SMILES string of the molecule is c1cc2c(c(CCN3CCC(c4cccc5c4OCCO5)CC3)c1)OCC2. The molecule has 4 nitrogen and oxygen atoms in total. The minimum Gasteiger partial charge on any atom is -0.493 e. The van der Waals surface area contributed by atoms with Crippen molar-refractivity contribution < 1.29 is 14.2 Å². The highest BCUT2D eigenvalue weighted by molar-refractivity contribution is 5.49. The van der Waals surface area contributed by atoms with Crippen LogP contribution in [0.15, 0.2) is 36.4 Å². The molecule has 0 radical (unpaired) electrons. The van der Waals surface area contributed by atoms with Crippen LogP contribution >= 0.6 is 0 Å². The van der Waals surface area contributed by atoms with Gasteiger partial charge in [0.2, 0.25) is 0 Å². The lowest BCUT2D eigenvalue weighted by Gasteiger charge is -2.33. The van der Waals surface area contributed by atoms with E-state index < -0.39 is 0 Å². The van der Waals surface area contributed by atoms with Gasteiger partial charge >= 0.3 is 0 Å². The first kappa shape index (κ1) is 16.9. The molecule has 2 aromatic carbocycles. The number of piperidine rings is 1. The molecular weight excluding hydrogens is 338 g/mol. The average Bonchev–Trinajstić information content (AvgIpc) is 3.22. The summed E-state index contributed by atoms with van der Waals surface area (Å²) in [6.07, 6.45) is 4.50. The van der Waals surface area contributed by atoms with E-state index in [4.69, 9.17) is 14.2 Å². The second-order valence-electron chi connectivity index (χ2n) is 7.74. The zero-order valence-corrected chi connectivity index (χ0v) is 15.8. The molecule has 4 heteroatoms. The molecule has 0 amide bonds. The van der Waals surface area contributed by atoms with E-state index in [1.54, 1.807) is 0 Å². The van der Waals surface area contributed by atoms with Gasteiger partial charge in [-0.15, -0.1) is 0 Å². The van der Waals surface area contributed by atoms with E-state index in [0.717, 1.165) is 56.3 Å². The largest absolute Gasteiger partial charge is 0.493 e. The van der Waals surface area contributed by atoms with Crippen LogP contribution in [-0.2, 0) is 12.8 Å². The maximum atomic E-state index is 5.93. The normalized spacial score (nSPS) is 19.6. The van der Waals surface area contributed by atoms with Gasteiger partial charge in [0.15, 0.2) is 11.5 Å². The Morgan fingerprint density at radius 3 is 2.59 bits per heavy atom. The Morgan fingerprint density at radius 1 is 0.852 bits per heavy atom. The molecule has 3 heterocycles.